The van der Waals surface area contributed by atoms with Crippen molar-refractivity contribution in [2.24, 2.45) is 0 Å². The second-order valence-corrected chi connectivity index (χ2v) is 6.47. The Bertz CT molecular complexity index is 558. The smallest absolute Gasteiger partial charge is 0.299 e. The van der Waals surface area contributed by atoms with Crippen LogP contribution in [0.4, 0.5) is 0 Å². The van der Waals surface area contributed by atoms with Crippen molar-refractivity contribution in [1.29, 1.82) is 0 Å². The molecule has 2 unspecified atom stereocenters. The molecule has 2 atom stereocenters. The van der Waals surface area contributed by atoms with Crippen LogP contribution >= 0.6 is 0 Å². The van der Waals surface area contributed by atoms with E-state index < -0.39 is 22.7 Å². The fraction of sp³-hybridized carbons (Fsp3) is 0.467. The number of hydrogen-bond acceptors (Lipinski definition) is 5. The largest absolute Gasteiger partial charge is 0.353 e. The van der Waals surface area contributed by atoms with Gasteiger partial charge in [-0.2, -0.15) is 8.42 Å². The Morgan fingerprint density at radius 1 is 1.33 bits per heavy atom. The summed E-state index contributed by atoms with van der Waals surface area (Å²) in [5, 5.41) is 0. The summed E-state index contributed by atoms with van der Waals surface area (Å²) in [6.07, 6.45) is 2.50. The van der Waals surface area contributed by atoms with Crippen LogP contribution in [0, 0.1) is 6.92 Å². The molecule has 0 spiro atoms. The van der Waals surface area contributed by atoms with E-state index in [1.54, 1.807) is 12.1 Å². The highest BCUT2D eigenvalue weighted by Gasteiger charge is 2.24. The number of benzene rings is 1. The zero-order valence-corrected chi connectivity index (χ0v) is 12.8. The van der Waals surface area contributed by atoms with E-state index in [1.165, 1.54) is 18.2 Å². The SMILES string of the molecule is C=CC(OC1CCCCO1)OS(=O)(=O)c1ccc(C)cc1. The Morgan fingerprint density at radius 3 is 2.62 bits per heavy atom. The molecule has 1 saturated heterocycles. The lowest BCUT2D eigenvalue weighted by molar-refractivity contribution is -0.215. The van der Waals surface area contributed by atoms with Crippen LogP contribution in [0.15, 0.2) is 41.8 Å². The van der Waals surface area contributed by atoms with Crippen LogP contribution in [0.5, 0.6) is 0 Å². The predicted octanol–water partition coefficient (Wildman–Crippen LogP) is 2.76. The molecule has 1 heterocycles. The van der Waals surface area contributed by atoms with Gasteiger partial charge in [0.15, 0.2) is 12.6 Å². The van der Waals surface area contributed by atoms with Gasteiger partial charge in [-0.3, -0.25) is 0 Å². The lowest BCUT2D eigenvalue weighted by Crippen LogP contribution is -2.29. The average Bonchev–Trinajstić information content (AvgIpc) is 2.48. The van der Waals surface area contributed by atoms with Gasteiger partial charge in [-0.15, -0.1) is 0 Å². The monoisotopic (exact) mass is 312 g/mol. The van der Waals surface area contributed by atoms with Crippen LogP contribution in [0.1, 0.15) is 24.8 Å². The van der Waals surface area contributed by atoms with E-state index in [1.807, 2.05) is 6.92 Å². The molecule has 0 amide bonds. The number of ether oxygens (including phenoxy) is 2. The summed E-state index contributed by atoms with van der Waals surface area (Å²) in [4.78, 5) is 0.0908. The third-order valence-corrected chi connectivity index (χ3v) is 4.44. The van der Waals surface area contributed by atoms with Crippen molar-refractivity contribution in [2.75, 3.05) is 6.61 Å². The minimum Gasteiger partial charge on any atom is -0.353 e. The third kappa shape index (κ3) is 4.64. The molecule has 1 aliphatic heterocycles. The van der Waals surface area contributed by atoms with Gasteiger partial charge in [-0.05, 0) is 44.4 Å². The zero-order valence-electron chi connectivity index (χ0n) is 12.0. The molecule has 0 radical (unpaired) electrons. The highest BCUT2D eigenvalue weighted by atomic mass is 32.2. The Kier molecular flexibility index (Phi) is 5.52. The quantitative estimate of drug-likeness (QED) is 0.459. The normalized spacial score (nSPS) is 20.9. The Hall–Kier alpha value is -1.21. The van der Waals surface area contributed by atoms with Crippen LogP contribution in [-0.4, -0.2) is 27.6 Å². The summed E-state index contributed by atoms with van der Waals surface area (Å²) in [7, 11) is -3.89. The molecule has 6 heteroatoms. The molecule has 0 aromatic heterocycles. The highest BCUT2D eigenvalue weighted by Crippen LogP contribution is 2.20. The Balaban J connectivity index is 2.02. The first-order chi connectivity index (χ1) is 10.0. The fourth-order valence-corrected chi connectivity index (χ4v) is 2.93. The molecule has 2 rings (SSSR count). The van der Waals surface area contributed by atoms with E-state index in [2.05, 4.69) is 6.58 Å². The lowest BCUT2D eigenvalue weighted by Gasteiger charge is -2.25. The summed E-state index contributed by atoms with van der Waals surface area (Å²) in [6.45, 7) is 6.04. The van der Waals surface area contributed by atoms with E-state index in [-0.39, 0.29) is 4.90 Å². The number of aryl methyl sites for hydroxylation is 1. The standard InChI is InChI=1S/C15H20O5S/c1-3-14(19-15-6-4-5-11-18-15)20-21(16,17)13-9-7-12(2)8-10-13/h3,7-10,14-15H,1,4-6,11H2,2H3. The van der Waals surface area contributed by atoms with Crippen molar-refractivity contribution in [2.45, 2.75) is 43.7 Å². The van der Waals surface area contributed by atoms with Crippen molar-refractivity contribution in [3.63, 3.8) is 0 Å². The molecular formula is C15H20O5S. The van der Waals surface area contributed by atoms with E-state index in [0.29, 0.717) is 6.61 Å². The first-order valence-electron chi connectivity index (χ1n) is 6.91. The Morgan fingerprint density at radius 2 is 2.05 bits per heavy atom. The van der Waals surface area contributed by atoms with Gasteiger partial charge >= 0.3 is 0 Å². The molecule has 1 aliphatic rings. The zero-order chi connectivity index (χ0) is 15.3. The van der Waals surface area contributed by atoms with Crippen LogP contribution < -0.4 is 0 Å². The molecule has 116 valence electrons. The van der Waals surface area contributed by atoms with E-state index in [4.69, 9.17) is 13.7 Å². The van der Waals surface area contributed by atoms with Gasteiger partial charge < -0.3 is 9.47 Å². The van der Waals surface area contributed by atoms with Gasteiger partial charge in [0.2, 0.25) is 0 Å². The Labute approximate surface area is 125 Å². The molecule has 21 heavy (non-hydrogen) atoms. The van der Waals surface area contributed by atoms with Gasteiger partial charge in [-0.25, -0.2) is 4.18 Å². The lowest BCUT2D eigenvalue weighted by atomic mass is 10.2. The molecule has 1 aromatic carbocycles. The molecule has 0 N–H and O–H groups in total. The molecule has 1 aromatic rings. The van der Waals surface area contributed by atoms with Crippen molar-refractivity contribution >= 4 is 10.1 Å². The number of hydrogen-bond donors (Lipinski definition) is 0. The minimum atomic E-state index is -3.89. The van der Waals surface area contributed by atoms with Gasteiger partial charge in [0.05, 0.1) is 4.90 Å². The van der Waals surface area contributed by atoms with E-state index in [9.17, 15) is 8.42 Å². The fourth-order valence-electron chi connectivity index (χ4n) is 1.97. The highest BCUT2D eigenvalue weighted by molar-refractivity contribution is 7.86. The van der Waals surface area contributed by atoms with Crippen LogP contribution in [0.25, 0.3) is 0 Å². The third-order valence-electron chi connectivity index (χ3n) is 3.15. The van der Waals surface area contributed by atoms with Crippen molar-refractivity contribution in [1.82, 2.24) is 0 Å². The summed E-state index contributed by atoms with van der Waals surface area (Å²) < 4.78 is 40.3. The van der Waals surface area contributed by atoms with Gasteiger partial charge in [0.1, 0.15) is 0 Å². The van der Waals surface area contributed by atoms with E-state index in [0.717, 1.165) is 24.8 Å². The number of rotatable bonds is 6. The van der Waals surface area contributed by atoms with Gasteiger partial charge in [0, 0.05) is 6.61 Å². The van der Waals surface area contributed by atoms with Gasteiger partial charge in [0.25, 0.3) is 10.1 Å². The van der Waals surface area contributed by atoms with Crippen LogP contribution in [0.3, 0.4) is 0 Å². The van der Waals surface area contributed by atoms with Crippen molar-refractivity contribution in [3.8, 4) is 0 Å². The summed E-state index contributed by atoms with van der Waals surface area (Å²) in [5.74, 6) is 0. The predicted molar refractivity (Wildman–Crippen MR) is 78.1 cm³/mol. The summed E-state index contributed by atoms with van der Waals surface area (Å²) >= 11 is 0. The van der Waals surface area contributed by atoms with Crippen LogP contribution in [0.2, 0.25) is 0 Å². The first kappa shape index (κ1) is 16.2. The van der Waals surface area contributed by atoms with E-state index >= 15 is 0 Å². The second kappa shape index (κ2) is 7.17. The maximum Gasteiger partial charge on any atom is 0.299 e. The molecule has 0 aliphatic carbocycles. The van der Waals surface area contributed by atoms with Crippen molar-refractivity contribution in [3.05, 3.63) is 42.5 Å². The maximum atomic E-state index is 12.2. The molecule has 1 fully saturated rings. The maximum absolute atomic E-state index is 12.2. The summed E-state index contributed by atoms with van der Waals surface area (Å²) in [6, 6.07) is 6.43. The first-order valence-corrected chi connectivity index (χ1v) is 8.32. The molecule has 5 nitrogen and oxygen atoms in total. The second-order valence-electron chi connectivity index (χ2n) is 4.90. The molecule has 0 bridgehead atoms. The van der Waals surface area contributed by atoms with Gasteiger partial charge in [-0.1, -0.05) is 24.3 Å². The summed E-state index contributed by atoms with van der Waals surface area (Å²) in [5.41, 5.74) is 0.973. The molecular weight excluding hydrogens is 292 g/mol. The average molecular weight is 312 g/mol. The molecule has 0 saturated carbocycles. The topological polar surface area (TPSA) is 61.8 Å². The van der Waals surface area contributed by atoms with Crippen molar-refractivity contribution < 1.29 is 22.1 Å². The van der Waals surface area contributed by atoms with Crippen LogP contribution in [-0.2, 0) is 23.8 Å². The minimum absolute atomic E-state index is 0.0908.